The van der Waals surface area contributed by atoms with Gasteiger partial charge < -0.3 is 5.32 Å². The van der Waals surface area contributed by atoms with Crippen molar-refractivity contribution in [3.05, 3.63) is 34.3 Å². The quantitative estimate of drug-likeness (QED) is 0.861. The van der Waals surface area contributed by atoms with E-state index < -0.39 is 9.84 Å². The number of amides is 1. The summed E-state index contributed by atoms with van der Waals surface area (Å²) in [5, 5.41) is 2.93. The molecule has 4 nitrogen and oxygen atoms in total. The van der Waals surface area contributed by atoms with E-state index in [2.05, 4.69) is 33.4 Å². The lowest BCUT2D eigenvalue weighted by molar-refractivity contribution is -0.124. The lowest BCUT2D eigenvalue weighted by atomic mass is 10.0. The summed E-state index contributed by atoms with van der Waals surface area (Å²) in [5.74, 6) is -0.360. The molecule has 0 saturated carbocycles. The van der Waals surface area contributed by atoms with Gasteiger partial charge in [0, 0.05) is 10.5 Å². The van der Waals surface area contributed by atoms with Crippen LogP contribution in [-0.4, -0.2) is 31.9 Å². The lowest BCUT2D eigenvalue weighted by Crippen LogP contribution is -2.38. The molecule has 21 heavy (non-hydrogen) atoms. The van der Waals surface area contributed by atoms with Crippen LogP contribution in [0.3, 0.4) is 0 Å². The summed E-state index contributed by atoms with van der Waals surface area (Å²) < 4.78 is 23.8. The molecule has 1 aromatic rings. The van der Waals surface area contributed by atoms with Gasteiger partial charge in [0.2, 0.25) is 5.91 Å². The summed E-state index contributed by atoms with van der Waals surface area (Å²) in [6.45, 7) is 1.96. The van der Waals surface area contributed by atoms with Crippen LogP contribution < -0.4 is 5.32 Å². The molecule has 1 fully saturated rings. The zero-order valence-corrected chi connectivity index (χ0v) is 14.4. The number of halogens is 1. The van der Waals surface area contributed by atoms with E-state index in [1.165, 1.54) is 5.56 Å². The Bertz CT molecular complexity index is 598. The SMILES string of the molecule is CC(CCc1ccc(Br)cc1)NC(=O)C1CCS(=O)(=O)C1. The number of nitrogens with one attached hydrogen (secondary N) is 1. The van der Waals surface area contributed by atoms with Crippen LogP contribution in [0.15, 0.2) is 28.7 Å². The molecule has 0 aliphatic carbocycles. The van der Waals surface area contributed by atoms with Crippen molar-refractivity contribution in [2.24, 2.45) is 5.92 Å². The number of carbonyl (C=O) groups is 1. The zero-order chi connectivity index (χ0) is 15.5. The Kier molecular flexibility index (Phi) is 5.43. The number of rotatable bonds is 5. The molecular weight excluding hydrogens is 354 g/mol. The monoisotopic (exact) mass is 373 g/mol. The van der Waals surface area contributed by atoms with Crippen LogP contribution in [0, 0.1) is 5.92 Å². The van der Waals surface area contributed by atoms with Gasteiger partial charge in [-0.15, -0.1) is 0 Å². The van der Waals surface area contributed by atoms with E-state index in [1.807, 2.05) is 19.1 Å². The fourth-order valence-corrected chi connectivity index (χ4v) is 4.47. The van der Waals surface area contributed by atoms with Crippen LogP contribution in [0.1, 0.15) is 25.3 Å². The average molecular weight is 374 g/mol. The normalized spacial score (nSPS) is 21.9. The minimum Gasteiger partial charge on any atom is -0.353 e. The molecule has 0 radical (unpaired) electrons. The van der Waals surface area contributed by atoms with E-state index in [0.29, 0.717) is 6.42 Å². The second kappa shape index (κ2) is 6.92. The second-order valence-electron chi connectivity index (χ2n) is 5.67. The third-order valence-corrected chi connectivity index (χ3v) is 6.07. The molecule has 1 heterocycles. The van der Waals surface area contributed by atoms with Gasteiger partial charge in [-0.1, -0.05) is 28.1 Å². The van der Waals surface area contributed by atoms with Crippen molar-refractivity contribution in [1.82, 2.24) is 5.32 Å². The smallest absolute Gasteiger partial charge is 0.224 e. The minimum absolute atomic E-state index is 0.00172. The van der Waals surface area contributed by atoms with Gasteiger partial charge in [0.15, 0.2) is 9.84 Å². The Balaban J connectivity index is 1.78. The summed E-state index contributed by atoms with van der Waals surface area (Å²) in [7, 11) is -3.00. The van der Waals surface area contributed by atoms with E-state index in [0.717, 1.165) is 17.3 Å². The maximum atomic E-state index is 12.0. The topological polar surface area (TPSA) is 63.2 Å². The summed E-state index contributed by atoms with van der Waals surface area (Å²) in [6.07, 6.45) is 2.18. The summed E-state index contributed by atoms with van der Waals surface area (Å²) in [6, 6.07) is 8.17. The Labute approximate surface area is 134 Å². The summed E-state index contributed by atoms with van der Waals surface area (Å²) in [5.41, 5.74) is 1.22. The predicted molar refractivity (Wildman–Crippen MR) is 86.8 cm³/mol. The Morgan fingerprint density at radius 2 is 2.05 bits per heavy atom. The standard InChI is InChI=1S/C15H20BrNO3S/c1-11(2-3-12-4-6-14(16)7-5-12)17-15(18)13-8-9-21(19,20)10-13/h4-7,11,13H,2-3,8-10H2,1H3,(H,17,18). The highest BCUT2D eigenvalue weighted by Crippen LogP contribution is 2.19. The van der Waals surface area contributed by atoms with Gasteiger partial charge in [0.05, 0.1) is 17.4 Å². The van der Waals surface area contributed by atoms with Gasteiger partial charge in [0.25, 0.3) is 0 Å². The molecule has 0 bridgehead atoms. The first-order chi connectivity index (χ1) is 9.85. The van der Waals surface area contributed by atoms with Gasteiger partial charge >= 0.3 is 0 Å². The van der Waals surface area contributed by atoms with Crippen LogP contribution >= 0.6 is 15.9 Å². The van der Waals surface area contributed by atoms with Gasteiger partial charge in [-0.25, -0.2) is 8.42 Å². The number of hydrogen-bond acceptors (Lipinski definition) is 3. The summed E-state index contributed by atoms with van der Waals surface area (Å²) >= 11 is 3.40. The van der Waals surface area contributed by atoms with Crippen LogP contribution in [0.25, 0.3) is 0 Å². The molecule has 116 valence electrons. The molecule has 2 rings (SSSR count). The molecule has 2 unspecified atom stereocenters. The predicted octanol–water partition coefficient (Wildman–Crippen LogP) is 2.32. The summed E-state index contributed by atoms with van der Waals surface area (Å²) in [4.78, 5) is 12.0. The molecule has 1 aliphatic heterocycles. The first kappa shape index (κ1) is 16.5. The molecule has 2 atom stereocenters. The Hall–Kier alpha value is -0.880. The van der Waals surface area contributed by atoms with Crippen LogP contribution in [0.2, 0.25) is 0 Å². The maximum absolute atomic E-state index is 12.0. The molecule has 1 saturated heterocycles. The molecule has 1 aliphatic rings. The first-order valence-electron chi connectivity index (χ1n) is 7.11. The van der Waals surface area contributed by atoms with Crippen molar-refractivity contribution in [1.29, 1.82) is 0 Å². The van der Waals surface area contributed by atoms with E-state index in [-0.39, 0.29) is 29.4 Å². The number of carbonyl (C=O) groups excluding carboxylic acids is 1. The van der Waals surface area contributed by atoms with E-state index >= 15 is 0 Å². The van der Waals surface area contributed by atoms with Crippen molar-refractivity contribution in [3.8, 4) is 0 Å². The van der Waals surface area contributed by atoms with E-state index in [9.17, 15) is 13.2 Å². The number of benzene rings is 1. The average Bonchev–Trinajstić information content (AvgIpc) is 2.78. The van der Waals surface area contributed by atoms with Crippen molar-refractivity contribution < 1.29 is 13.2 Å². The molecule has 1 N–H and O–H groups in total. The fraction of sp³-hybridized carbons (Fsp3) is 0.533. The van der Waals surface area contributed by atoms with Gasteiger partial charge in [-0.2, -0.15) is 0 Å². The van der Waals surface area contributed by atoms with Crippen molar-refractivity contribution in [2.75, 3.05) is 11.5 Å². The molecule has 1 aromatic carbocycles. The van der Waals surface area contributed by atoms with Gasteiger partial charge in [0.1, 0.15) is 0 Å². The van der Waals surface area contributed by atoms with Crippen LogP contribution in [0.4, 0.5) is 0 Å². The minimum atomic E-state index is -3.00. The van der Waals surface area contributed by atoms with Crippen LogP contribution in [0.5, 0.6) is 0 Å². The highest BCUT2D eigenvalue weighted by atomic mass is 79.9. The largest absolute Gasteiger partial charge is 0.353 e. The maximum Gasteiger partial charge on any atom is 0.224 e. The highest BCUT2D eigenvalue weighted by molar-refractivity contribution is 9.10. The van der Waals surface area contributed by atoms with Crippen LogP contribution in [-0.2, 0) is 21.1 Å². The highest BCUT2D eigenvalue weighted by Gasteiger charge is 2.33. The molecule has 6 heteroatoms. The van der Waals surface area contributed by atoms with Crippen molar-refractivity contribution >= 4 is 31.7 Å². The molecule has 1 amide bonds. The number of aryl methyl sites for hydroxylation is 1. The van der Waals surface area contributed by atoms with E-state index in [4.69, 9.17) is 0 Å². The second-order valence-corrected chi connectivity index (χ2v) is 8.82. The molecule has 0 aromatic heterocycles. The fourth-order valence-electron chi connectivity index (χ4n) is 2.47. The third kappa shape index (κ3) is 5.11. The molecule has 0 spiro atoms. The van der Waals surface area contributed by atoms with Gasteiger partial charge in [-0.05, 0) is 43.9 Å². The van der Waals surface area contributed by atoms with Gasteiger partial charge in [-0.3, -0.25) is 4.79 Å². The van der Waals surface area contributed by atoms with Crippen molar-refractivity contribution in [3.63, 3.8) is 0 Å². The molecular formula is C15H20BrNO3S. The Morgan fingerprint density at radius 3 is 2.62 bits per heavy atom. The lowest BCUT2D eigenvalue weighted by Gasteiger charge is -2.16. The number of hydrogen-bond donors (Lipinski definition) is 1. The van der Waals surface area contributed by atoms with E-state index in [1.54, 1.807) is 0 Å². The first-order valence-corrected chi connectivity index (χ1v) is 9.72. The zero-order valence-electron chi connectivity index (χ0n) is 12.0. The van der Waals surface area contributed by atoms with Crippen molar-refractivity contribution in [2.45, 2.75) is 32.2 Å². The third-order valence-electron chi connectivity index (χ3n) is 3.77. The Morgan fingerprint density at radius 1 is 1.38 bits per heavy atom. The number of sulfone groups is 1.